The Bertz CT molecular complexity index is 2900. The Balaban J connectivity index is 0.000000480. The van der Waals surface area contributed by atoms with Gasteiger partial charge in [-0.05, 0) is 232 Å². The van der Waals surface area contributed by atoms with Gasteiger partial charge in [-0.25, -0.2) is 22.0 Å². The van der Waals surface area contributed by atoms with E-state index in [2.05, 4.69) is 225 Å². The monoisotopic (exact) mass is 1760 g/mol. The zero-order chi connectivity index (χ0) is 76.7. The molecule has 0 N–H and O–H groups in total. The summed E-state index contributed by atoms with van der Waals surface area (Å²) in [7, 11) is -18.0. The van der Waals surface area contributed by atoms with Crippen molar-refractivity contribution in [3.05, 3.63) is 95.9 Å². The number of benzene rings is 3. The largest absolute Gasteiger partial charge is 0.204 e. The molecule has 9 unspecified atom stereocenters. The van der Waals surface area contributed by atoms with Crippen LogP contribution >= 0.6 is 14.5 Å². The van der Waals surface area contributed by atoms with Crippen LogP contribution in [0.4, 0.5) is 22.0 Å². The van der Waals surface area contributed by atoms with Crippen molar-refractivity contribution in [2.24, 2.45) is 11.8 Å². The van der Waals surface area contributed by atoms with Crippen molar-refractivity contribution < 1.29 is 104 Å². The van der Waals surface area contributed by atoms with E-state index in [4.69, 9.17) is 60.7 Å². The van der Waals surface area contributed by atoms with Gasteiger partial charge in [-0.2, -0.15) is 0 Å². The molecule has 14 nitrogen and oxygen atoms in total. The third-order valence-corrected chi connectivity index (χ3v) is 53.5. The maximum atomic E-state index is 12.3. The van der Waals surface area contributed by atoms with Crippen molar-refractivity contribution >= 4 is 136 Å². The fourth-order valence-electron chi connectivity index (χ4n) is 12.7. The summed E-state index contributed by atoms with van der Waals surface area (Å²) in [6.07, 6.45) is 11.9. The summed E-state index contributed by atoms with van der Waals surface area (Å²) in [5.41, 5.74) is 1.40. The third kappa shape index (κ3) is 38.9. The Kier molecular flexibility index (Phi) is 41.9. The number of ether oxygens (including phenoxy) is 2. The Labute approximate surface area is 634 Å². The number of hydrogen-bond donors (Lipinski definition) is 0. The maximum Gasteiger partial charge on any atom is 0.200 e. The summed E-state index contributed by atoms with van der Waals surface area (Å²) in [6.45, 7) is 57.0. The summed E-state index contributed by atoms with van der Waals surface area (Å²) >= 11 is 7.60. The average Bonchev–Trinajstić information content (AvgIpc) is 1.18. The molecule has 0 aromatic heterocycles. The molecule has 4 aliphatic rings. The molecule has 3 aromatic carbocycles. The molecular formula is C65H120BF5IO14P2S2Si10+. The smallest absolute Gasteiger partial charge is 0.200 e. The molecule has 570 valence electrons. The van der Waals surface area contributed by atoms with Crippen LogP contribution in [0.15, 0.2) is 48.5 Å². The zero-order valence-corrected chi connectivity index (χ0v) is 80.1. The second kappa shape index (κ2) is 43.3. The molecule has 2 saturated carbocycles. The van der Waals surface area contributed by atoms with E-state index in [0.717, 1.165) is 30.5 Å². The first-order chi connectivity index (χ1) is 45.9. The number of fused-ring (bicyclic) bond motifs is 2. The van der Waals surface area contributed by atoms with Crippen molar-refractivity contribution in [1.29, 1.82) is 0 Å². The summed E-state index contributed by atoms with van der Waals surface area (Å²) in [5.74, 6) is -8.21. The van der Waals surface area contributed by atoms with Crippen LogP contribution in [0.1, 0.15) is 103 Å². The average molecular weight is 1770 g/mol. The molecule has 2 heterocycles. The second-order valence-electron chi connectivity index (χ2n) is 31.4. The maximum absolute atomic E-state index is 12.3. The molecule has 0 bridgehead atoms. The van der Waals surface area contributed by atoms with Gasteiger partial charge in [0.15, 0.2) is 62.4 Å². The quantitative estimate of drug-likeness (QED) is 0.0111. The minimum Gasteiger partial charge on any atom is -0.204 e. The van der Waals surface area contributed by atoms with Gasteiger partial charge in [0.1, 0.15) is 7.85 Å². The van der Waals surface area contributed by atoms with Crippen LogP contribution in [0.2, 0.25) is 149 Å². The fraction of sp³-hybridized carbons (Fsp3) is 0.723. The normalized spacial score (nSPS) is 20.9. The van der Waals surface area contributed by atoms with E-state index < -0.39 is 119 Å². The summed E-state index contributed by atoms with van der Waals surface area (Å²) in [5, 5.41) is 0. The molecule has 4 fully saturated rings. The topological polar surface area (TPSA) is 152 Å². The third-order valence-electron chi connectivity index (χ3n) is 15.7. The Morgan fingerprint density at radius 2 is 0.790 bits per heavy atom. The van der Waals surface area contributed by atoms with Gasteiger partial charge in [-0.1, -0.05) is 0 Å². The van der Waals surface area contributed by atoms with Crippen molar-refractivity contribution in [2.75, 3.05) is 19.8 Å². The van der Waals surface area contributed by atoms with Gasteiger partial charge in [0, 0.05) is 25.9 Å². The van der Waals surface area contributed by atoms with Gasteiger partial charge >= 0.3 is 214 Å². The van der Waals surface area contributed by atoms with Crippen LogP contribution < -0.4 is 26.7 Å². The first-order valence-electron chi connectivity index (χ1n) is 35.0. The van der Waals surface area contributed by atoms with Gasteiger partial charge in [-0.3, -0.25) is 0 Å². The van der Waals surface area contributed by atoms with Gasteiger partial charge in [0.25, 0.3) is 0 Å². The van der Waals surface area contributed by atoms with Crippen molar-refractivity contribution in [3.8, 4) is 0 Å². The van der Waals surface area contributed by atoms with E-state index in [9.17, 15) is 22.0 Å². The predicted molar refractivity (Wildman–Crippen MR) is 423 cm³/mol. The summed E-state index contributed by atoms with van der Waals surface area (Å²) in [6, 6.07) is 21.6. The first kappa shape index (κ1) is 96.8. The van der Waals surface area contributed by atoms with E-state index in [0.29, 0.717) is 62.1 Å². The van der Waals surface area contributed by atoms with Crippen molar-refractivity contribution in [3.63, 3.8) is 0 Å². The molecule has 0 spiro atoms. The van der Waals surface area contributed by atoms with Gasteiger partial charge in [-0.15, -0.1) is 0 Å². The number of rotatable bonds is 32. The molecule has 2 saturated heterocycles. The predicted octanol–water partition coefficient (Wildman–Crippen LogP) is 16.9. The molecule has 0 amide bonds. The van der Waals surface area contributed by atoms with Crippen LogP contribution in [-0.2, 0) is 84.3 Å². The Hall–Kier alpha value is 0.694. The van der Waals surface area contributed by atoms with E-state index >= 15 is 0 Å². The van der Waals surface area contributed by atoms with Crippen LogP contribution in [0.5, 0.6) is 0 Å². The number of hydrogen-bond acceptors (Lipinski definition) is 16. The Morgan fingerprint density at radius 3 is 1.11 bits per heavy atom. The van der Waals surface area contributed by atoms with Crippen LogP contribution in [-0.4, -0.2) is 137 Å². The van der Waals surface area contributed by atoms with Crippen LogP contribution in [0.3, 0.4) is 0 Å². The van der Waals surface area contributed by atoms with Gasteiger partial charge in [0.05, 0.1) is 24.4 Å². The molecule has 3 aromatic rings. The van der Waals surface area contributed by atoms with Crippen LogP contribution in [0.25, 0.3) is 0 Å². The molecule has 2 aliphatic carbocycles. The van der Waals surface area contributed by atoms with E-state index in [1.807, 2.05) is 20.8 Å². The molecule has 7 rings (SSSR count). The molecule has 9 atom stereocenters. The SMILES string of the molecule is CCO[Si](CC[Si](C)(O[Si](C)(C)C)O[Si](C)(CCC1CCC2OC2C1)O[Si](C)(C)O[Si](C)(C)C)(OCC)OCC.C[Si](C)(C)O[Si](C)(C)O[Si](C)(CCC1CCC2OC2C1)O[Si](C)(C)C.Cc1ccc([I-]c2ccc(C(C)C)cc2)cc1.O=[P+]=S.O=[P+]=S.[B]c1c(F)c(F)c(F)c(F)c1F. The van der Waals surface area contributed by atoms with Crippen LogP contribution in [0, 0.1) is 55.0 Å². The number of epoxide rings is 2. The molecule has 100 heavy (non-hydrogen) atoms. The van der Waals surface area contributed by atoms with E-state index in [1.165, 1.54) is 63.2 Å². The van der Waals surface area contributed by atoms with Crippen molar-refractivity contribution in [2.45, 2.75) is 272 Å². The number of aryl methyl sites for hydroxylation is 1. The van der Waals surface area contributed by atoms with Gasteiger partial charge < -0.3 is 51.6 Å². The molecule has 35 heteroatoms. The second-order valence-corrected chi connectivity index (χ2v) is 74.9. The molecule has 2 radical (unpaired) electrons. The minimum atomic E-state index is -2.84. The fourth-order valence-corrected chi connectivity index (χ4v) is 61.1. The minimum absolute atomic E-state index is 0.0167. The standard InChI is InChI=1S/C26H62O8Si6.C17H40O4Si4.C16H18I.C6BF5.2OPS/c1-14-27-40(28-15-2,29-16-3)22-21-39(13,32-36(7,8)9)34-38(12,33-37(10,11)31-35(4,5)6)20-19-24-17-18-25-26(23-24)30-25;1-22(2,3)19-24(7,8)21-25(9,20-23(4,5)6)13-12-15-10-11-16-17(14-15)18-16;1-12(2)14-6-10-16(11-7-14)17-15-8-4-13(3)5-9-15;7-1-2(8)4(10)6(12)5(11)3(1)9;2*1-2-3/h24-26H,14-23H2,1-13H3;15-17H,10-14H2,1-9H3;4-12H,1-3H3;;;/q;;-1;;2*+1. The summed E-state index contributed by atoms with van der Waals surface area (Å²) in [4.78, 5) is 0. The van der Waals surface area contributed by atoms with E-state index in [1.54, 1.807) is 0 Å². The Morgan fingerprint density at radius 1 is 0.470 bits per heavy atom. The van der Waals surface area contributed by atoms with Gasteiger partial charge in [0.2, 0.25) is 0 Å². The first-order valence-corrected chi connectivity index (χ1v) is 69.6. The van der Waals surface area contributed by atoms with Crippen molar-refractivity contribution in [1.82, 2.24) is 0 Å². The number of halogens is 6. The summed E-state index contributed by atoms with van der Waals surface area (Å²) < 4.78 is 160. The molecular weight excluding hydrogens is 1640 g/mol. The van der Waals surface area contributed by atoms with E-state index in [-0.39, 0.29) is 35.7 Å². The zero-order valence-electron chi connectivity index (χ0n) is 64.5. The molecule has 2 aliphatic heterocycles.